The minimum Gasteiger partial charge on any atom is -0.399 e. The second-order valence-corrected chi connectivity index (χ2v) is 4.29. The molecule has 2 aromatic heterocycles. The van der Waals surface area contributed by atoms with Crippen LogP contribution in [0.25, 0.3) is 22.4 Å². The summed E-state index contributed by atoms with van der Waals surface area (Å²) in [4.78, 5) is 8.54. The van der Waals surface area contributed by atoms with E-state index in [9.17, 15) is 0 Å². The molecule has 0 saturated carbocycles. The normalized spacial score (nSPS) is 10.3. The first-order chi connectivity index (χ1) is 9.33. The Hall–Kier alpha value is -2.68. The Morgan fingerprint density at radius 2 is 1.63 bits per heavy atom. The van der Waals surface area contributed by atoms with E-state index >= 15 is 0 Å². The molecule has 3 nitrogen and oxygen atoms in total. The number of hydrogen-bond acceptors (Lipinski definition) is 3. The highest BCUT2D eigenvalue weighted by Gasteiger charge is 2.02. The summed E-state index contributed by atoms with van der Waals surface area (Å²) >= 11 is 0. The predicted molar refractivity (Wildman–Crippen MR) is 77.3 cm³/mol. The molecule has 0 unspecified atom stereocenters. The van der Waals surface area contributed by atoms with Crippen LogP contribution in [0.3, 0.4) is 0 Å². The van der Waals surface area contributed by atoms with Gasteiger partial charge in [0.05, 0.1) is 5.69 Å². The first-order valence-corrected chi connectivity index (χ1v) is 6.05. The van der Waals surface area contributed by atoms with E-state index in [0.29, 0.717) is 0 Å². The lowest BCUT2D eigenvalue weighted by atomic mass is 10.0. The number of nitrogens with zero attached hydrogens (tertiary/aromatic N) is 2. The van der Waals surface area contributed by atoms with Crippen molar-refractivity contribution in [3.63, 3.8) is 0 Å². The molecule has 0 aliphatic rings. The quantitative estimate of drug-likeness (QED) is 0.706. The van der Waals surface area contributed by atoms with E-state index in [0.717, 1.165) is 28.1 Å². The standard InChI is InChI=1S/C16H13N3/c17-15-5-3-12(4-6-15)16-10-13(7-9-19-16)14-2-1-8-18-11-14/h1-11H,17H2. The molecule has 3 rings (SSSR count). The summed E-state index contributed by atoms with van der Waals surface area (Å²) in [7, 11) is 0. The maximum Gasteiger partial charge on any atom is 0.0708 e. The minimum atomic E-state index is 0.757. The Morgan fingerprint density at radius 1 is 0.789 bits per heavy atom. The van der Waals surface area contributed by atoms with E-state index in [1.165, 1.54) is 0 Å². The zero-order valence-corrected chi connectivity index (χ0v) is 10.3. The van der Waals surface area contributed by atoms with Crippen molar-refractivity contribution in [2.45, 2.75) is 0 Å². The maximum absolute atomic E-state index is 5.70. The summed E-state index contributed by atoms with van der Waals surface area (Å²) in [6.45, 7) is 0. The molecule has 92 valence electrons. The number of benzene rings is 1. The molecule has 0 radical (unpaired) electrons. The minimum absolute atomic E-state index is 0.757. The summed E-state index contributed by atoms with van der Waals surface area (Å²) in [5.41, 5.74) is 10.6. The van der Waals surface area contributed by atoms with Gasteiger partial charge in [-0.2, -0.15) is 0 Å². The molecule has 0 atom stereocenters. The second kappa shape index (κ2) is 4.90. The SMILES string of the molecule is Nc1ccc(-c2cc(-c3cccnc3)ccn2)cc1. The van der Waals surface area contributed by atoms with E-state index in [4.69, 9.17) is 5.73 Å². The van der Waals surface area contributed by atoms with Crippen molar-refractivity contribution in [1.29, 1.82) is 0 Å². The third-order valence-corrected chi connectivity index (χ3v) is 2.96. The molecule has 0 aliphatic heterocycles. The summed E-state index contributed by atoms with van der Waals surface area (Å²) < 4.78 is 0. The first-order valence-electron chi connectivity index (χ1n) is 6.05. The summed E-state index contributed by atoms with van der Waals surface area (Å²) in [6, 6.07) is 15.7. The maximum atomic E-state index is 5.70. The molecule has 0 fully saturated rings. The van der Waals surface area contributed by atoms with Gasteiger partial charge in [-0.05, 0) is 35.9 Å². The molecule has 3 heteroatoms. The largest absolute Gasteiger partial charge is 0.399 e. The Morgan fingerprint density at radius 3 is 2.37 bits per heavy atom. The number of nitrogen functional groups attached to an aromatic ring is 1. The lowest BCUT2D eigenvalue weighted by Crippen LogP contribution is -1.87. The lowest BCUT2D eigenvalue weighted by Gasteiger charge is -2.05. The van der Waals surface area contributed by atoms with E-state index in [2.05, 4.69) is 16.0 Å². The molecule has 2 N–H and O–H groups in total. The molecule has 0 spiro atoms. The van der Waals surface area contributed by atoms with Crippen molar-refractivity contribution in [3.05, 3.63) is 67.1 Å². The number of rotatable bonds is 2. The van der Waals surface area contributed by atoms with Crippen molar-refractivity contribution in [1.82, 2.24) is 9.97 Å². The van der Waals surface area contributed by atoms with Gasteiger partial charge in [0.1, 0.15) is 0 Å². The molecular weight excluding hydrogens is 234 g/mol. The molecule has 19 heavy (non-hydrogen) atoms. The summed E-state index contributed by atoms with van der Waals surface area (Å²) in [6.07, 6.45) is 5.43. The molecule has 1 aromatic carbocycles. The van der Waals surface area contributed by atoms with Crippen LogP contribution in [0, 0.1) is 0 Å². The second-order valence-electron chi connectivity index (χ2n) is 4.29. The van der Waals surface area contributed by atoms with E-state index in [1.807, 2.05) is 54.9 Å². The topological polar surface area (TPSA) is 51.8 Å². The fourth-order valence-electron chi connectivity index (χ4n) is 1.96. The van der Waals surface area contributed by atoms with Gasteiger partial charge in [-0.25, -0.2) is 0 Å². The molecule has 2 heterocycles. The van der Waals surface area contributed by atoms with Crippen molar-refractivity contribution in [2.24, 2.45) is 0 Å². The molecule has 0 bridgehead atoms. The molecule has 3 aromatic rings. The number of aromatic nitrogens is 2. The van der Waals surface area contributed by atoms with E-state index < -0.39 is 0 Å². The number of hydrogen-bond donors (Lipinski definition) is 1. The van der Waals surface area contributed by atoms with E-state index in [-0.39, 0.29) is 0 Å². The van der Waals surface area contributed by atoms with Gasteiger partial charge in [0, 0.05) is 35.4 Å². The fourth-order valence-corrected chi connectivity index (χ4v) is 1.96. The molecule has 0 amide bonds. The average molecular weight is 247 g/mol. The Balaban J connectivity index is 2.03. The molecule has 0 aliphatic carbocycles. The highest BCUT2D eigenvalue weighted by Crippen LogP contribution is 2.24. The third-order valence-electron chi connectivity index (χ3n) is 2.96. The van der Waals surface area contributed by atoms with Crippen LogP contribution in [-0.4, -0.2) is 9.97 Å². The van der Waals surface area contributed by atoms with Gasteiger partial charge in [-0.1, -0.05) is 18.2 Å². The first kappa shape index (κ1) is 11.4. The van der Waals surface area contributed by atoms with Gasteiger partial charge in [0.2, 0.25) is 0 Å². The number of nitrogens with two attached hydrogens (primary N) is 1. The van der Waals surface area contributed by atoms with Crippen LogP contribution in [0.15, 0.2) is 67.1 Å². The Labute approximate surface area is 111 Å². The lowest BCUT2D eigenvalue weighted by molar-refractivity contribution is 1.30. The third kappa shape index (κ3) is 2.45. The van der Waals surface area contributed by atoms with Gasteiger partial charge in [-0.15, -0.1) is 0 Å². The molecular formula is C16H13N3. The van der Waals surface area contributed by atoms with Crippen LogP contribution >= 0.6 is 0 Å². The van der Waals surface area contributed by atoms with Crippen molar-refractivity contribution < 1.29 is 0 Å². The average Bonchev–Trinajstić information content (AvgIpc) is 2.49. The van der Waals surface area contributed by atoms with Crippen LogP contribution in [0.2, 0.25) is 0 Å². The monoisotopic (exact) mass is 247 g/mol. The van der Waals surface area contributed by atoms with Gasteiger partial charge in [-0.3, -0.25) is 9.97 Å². The summed E-state index contributed by atoms with van der Waals surface area (Å²) in [5, 5.41) is 0. The van der Waals surface area contributed by atoms with Gasteiger partial charge < -0.3 is 5.73 Å². The molecule has 0 saturated heterocycles. The van der Waals surface area contributed by atoms with Crippen molar-refractivity contribution in [3.8, 4) is 22.4 Å². The van der Waals surface area contributed by atoms with Crippen LogP contribution in [0.4, 0.5) is 5.69 Å². The van der Waals surface area contributed by atoms with Crippen molar-refractivity contribution in [2.75, 3.05) is 5.73 Å². The predicted octanol–water partition coefficient (Wildman–Crippen LogP) is 3.39. The zero-order valence-electron chi connectivity index (χ0n) is 10.3. The van der Waals surface area contributed by atoms with Crippen LogP contribution < -0.4 is 5.73 Å². The number of pyridine rings is 2. The highest BCUT2D eigenvalue weighted by molar-refractivity contribution is 5.70. The van der Waals surface area contributed by atoms with Crippen molar-refractivity contribution >= 4 is 5.69 Å². The van der Waals surface area contributed by atoms with Gasteiger partial charge >= 0.3 is 0 Å². The Bertz CT molecular complexity index is 676. The Kier molecular flexibility index (Phi) is 2.94. The van der Waals surface area contributed by atoms with Crippen LogP contribution in [-0.2, 0) is 0 Å². The smallest absolute Gasteiger partial charge is 0.0708 e. The zero-order chi connectivity index (χ0) is 13.1. The van der Waals surface area contributed by atoms with Crippen LogP contribution in [0.1, 0.15) is 0 Å². The number of anilines is 1. The highest BCUT2D eigenvalue weighted by atomic mass is 14.7. The van der Waals surface area contributed by atoms with Crippen LogP contribution in [0.5, 0.6) is 0 Å². The fraction of sp³-hybridized carbons (Fsp3) is 0. The van der Waals surface area contributed by atoms with Gasteiger partial charge in [0.15, 0.2) is 0 Å². The summed E-state index contributed by atoms with van der Waals surface area (Å²) in [5.74, 6) is 0. The van der Waals surface area contributed by atoms with E-state index in [1.54, 1.807) is 6.20 Å². The van der Waals surface area contributed by atoms with Gasteiger partial charge in [0.25, 0.3) is 0 Å².